The molecule has 3 aromatic rings. The second kappa shape index (κ2) is 5.82. The fourth-order valence-corrected chi connectivity index (χ4v) is 3.41. The van der Waals surface area contributed by atoms with Crippen LogP contribution in [0.1, 0.15) is 10.8 Å². The molecule has 0 saturated carbocycles. The van der Waals surface area contributed by atoms with Crippen molar-refractivity contribution >= 4 is 46.3 Å². The molecule has 0 saturated heterocycles. The van der Waals surface area contributed by atoms with E-state index in [1.807, 2.05) is 0 Å². The summed E-state index contributed by atoms with van der Waals surface area (Å²) in [4.78, 5) is 16.2. The number of pyridine rings is 1. The number of aromatic nitrogens is 4. The number of anilines is 1. The van der Waals surface area contributed by atoms with Crippen molar-refractivity contribution in [1.82, 2.24) is 20.4 Å². The maximum absolute atomic E-state index is 11.6. The SMILES string of the molecule is Nc1cc(SC(C(=O)O)c2ccccc2Cl)c2n[nH]nc2n1. The van der Waals surface area contributed by atoms with Gasteiger partial charge in [-0.3, -0.25) is 4.79 Å². The highest BCUT2D eigenvalue weighted by Crippen LogP contribution is 2.40. The van der Waals surface area contributed by atoms with Crippen molar-refractivity contribution in [2.45, 2.75) is 10.1 Å². The molecular weight excluding hydrogens is 326 g/mol. The van der Waals surface area contributed by atoms with Crippen LogP contribution < -0.4 is 5.73 Å². The highest BCUT2D eigenvalue weighted by molar-refractivity contribution is 8.00. The second-order valence-corrected chi connectivity index (χ2v) is 5.95. The molecule has 0 aliphatic carbocycles. The summed E-state index contributed by atoms with van der Waals surface area (Å²) in [6, 6.07) is 8.39. The number of nitrogens with one attached hydrogen (secondary N) is 1. The second-order valence-electron chi connectivity index (χ2n) is 4.40. The number of rotatable bonds is 4. The van der Waals surface area contributed by atoms with Crippen molar-refractivity contribution in [2.75, 3.05) is 5.73 Å². The van der Waals surface area contributed by atoms with Gasteiger partial charge in [0.1, 0.15) is 16.6 Å². The third-order valence-electron chi connectivity index (χ3n) is 2.93. The lowest BCUT2D eigenvalue weighted by Crippen LogP contribution is -2.08. The van der Waals surface area contributed by atoms with Crippen LogP contribution in [0.25, 0.3) is 11.2 Å². The first-order chi connectivity index (χ1) is 10.6. The van der Waals surface area contributed by atoms with Gasteiger partial charge >= 0.3 is 5.97 Å². The molecule has 0 amide bonds. The van der Waals surface area contributed by atoms with E-state index in [4.69, 9.17) is 17.3 Å². The van der Waals surface area contributed by atoms with E-state index >= 15 is 0 Å². The van der Waals surface area contributed by atoms with Crippen molar-refractivity contribution in [3.63, 3.8) is 0 Å². The summed E-state index contributed by atoms with van der Waals surface area (Å²) in [6.45, 7) is 0. The van der Waals surface area contributed by atoms with Gasteiger partial charge in [0.2, 0.25) is 5.65 Å². The number of nitrogens with two attached hydrogens (primary N) is 1. The smallest absolute Gasteiger partial charge is 0.321 e. The van der Waals surface area contributed by atoms with Crippen LogP contribution in [0.2, 0.25) is 5.02 Å². The number of fused-ring (bicyclic) bond motifs is 1. The van der Waals surface area contributed by atoms with Gasteiger partial charge in [0, 0.05) is 9.92 Å². The minimum Gasteiger partial charge on any atom is -0.480 e. The topological polar surface area (TPSA) is 118 Å². The number of thioether (sulfide) groups is 1. The van der Waals surface area contributed by atoms with Crippen LogP contribution >= 0.6 is 23.4 Å². The quantitative estimate of drug-likeness (QED) is 0.627. The number of halogens is 1. The largest absolute Gasteiger partial charge is 0.480 e. The molecule has 9 heteroatoms. The standard InChI is InChI=1S/C13H10ClN5O2S/c14-7-4-2-1-3-6(7)11(13(20)21)22-8-5-9(15)16-12-10(8)17-19-18-12/h1-5,11H,(H,20,21)(H3,15,16,17,18,19). The Morgan fingerprint density at radius 3 is 2.86 bits per heavy atom. The molecular formula is C13H10ClN5O2S. The molecule has 1 aromatic carbocycles. The zero-order valence-electron chi connectivity index (χ0n) is 11.0. The summed E-state index contributed by atoms with van der Waals surface area (Å²) in [7, 11) is 0. The van der Waals surface area contributed by atoms with Crippen molar-refractivity contribution in [3.8, 4) is 0 Å². The molecule has 0 fully saturated rings. The van der Waals surface area contributed by atoms with E-state index in [9.17, 15) is 9.90 Å². The number of hydrogen-bond donors (Lipinski definition) is 3. The van der Waals surface area contributed by atoms with Crippen LogP contribution in [0, 0.1) is 0 Å². The number of aromatic amines is 1. The van der Waals surface area contributed by atoms with E-state index in [1.165, 1.54) is 0 Å². The van der Waals surface area contributed by atoms with Gasteiger partial charge in [0.05, 0.1) is 0 Å². The Bertz CT molecular complexity index is 853. The van der Waals surface area contributed by atoms with Gasteiger partial charge in [-0.05, 0) is 17.7 Å². The zero-order chi connectivity index (χ0) is 15.7. The van der Waals surface area contributed by atoms with E-state index in [1.54, 1.807) is 30.3 Å². The highest BCUT2D eigenvalue weighted by Gasteiger charge is 2.25. The molecule has 2 heterocycles. The number of aliphatic carboxylic acids is 1. The van der Waals surface area contributed by atoms with Crippen LogP contribution in [0.5, 0.6) is 0 Å². The first kappa shape index (κ1) is 14.6. The number of carboxylic acid groups (broad SMARTS) is 1. The number of nitrogen functional groups attached to an aromatic ring is 1. The van der Waals surface area contributed by atoms with Gasteiger partial charge in [-0.25, -0.2) is 4.98 Å². The van der Waals surface area contributed by atoms with Crippen molar-refractivity contribution in [2.24, 2.45) is 0 Å². The monoisotopic (exact) mass is 335 g/mol. The fraction of sp³-hybridized carbons (Fsp3) is 0.0769. The zero-order valence-corrected chi connectivity index (χ0v) is 12.6. The molecule has 0 radical (unpaired) electrons. The summed E-state index contributed by atoms with van der Waals surface area (Å²) in [6.07, 6.45) is 0. The predicted octanol–water partition coefficient (Wildman–Crippen LogP) is 2.51. The van der Waals surface area contributed by atoms with Gasteiger partial charge in [0.15, 0.2) is 0 Å². The van der Waals surface area contributed by atoms with Crippen molar-refractivity contribution in [3.05, 3.63) is 40.9 Å². The fourth-order valence-electron chi connectivity index (χ4n) is 1.98. The summed E-state index contributed by atoms with van der Waals surface area (Å²) >= 11 is 7.20. The Hall–Kier alpha value is -2.32. The summed E-state index contributed by atoms with van der Waals surface area (Å²) in [5.74, 6) is -0.766. The molecule has 0 spiro atoms. The third-order valence-corrected chi connectivity index (χ3v) is 4.53. The minimum atomic E-state index is -1.01. The van der Waals surface area contributed by atoms with Gasteiger partial charge in [-0.15, -0.1) is 16.9 Å². The number of hydrogen-bond acceptors (Lipinski definition) is 6. The molecule has 0 aliphatic heterocycles. The van der Waals surface area contributed by atoms with E-state index in [0.29, 0.717) is 26.6 Å². The number of benzene rings is 1. The molecule has 0 aliphatic rings. The average molecular weight is 336 g/mol. The highest BCUT2D eigenvalue weighted by atomic mass is 35.5. The molecule has 1 unspecified atom stereocenters. The number of carboxylic acids is 1. The maximum Gasteiger partial charge on any atom is 0.321 e. The lowest BCUT2D eigenvalue weighted by atomic mass is 10.1. The lowest BCUT2D eigenvalue weighted by molar-refractivity contribution is -0.136. The molecule has 4 N–H and O–H groups in total. The number of nitrogens with zero attached hydrogens (tertiary/aromatic N) is 3. The molecule has 7 nitrogen and oxygen atoms in total. The summed E-state index contributed by atoms with van der Waals surface area (Å²) in [5, 5.41) is 19.3. The predicted molar refractivity (Wildman–Crippen MR) is 83.8 cm³/mol. The van der Waals surface area contributed by atoms with Crippen LogP contribution in [0.15, 0.2) is 35.2 Å². The summed E-state index contributed by atoms with van der Waals surface area (Å²) in [5.41, 5.74) is 7.04. The van der Waals surface area contributed by atoms with Crippen LogP contribution in [-0.2, 0) is 4.79 Å². The van der Waals surface area contributed by atoms with Crippen molar-refractivity contribution in [1.29, 1.82) is 0 Å². The maximum atomic E-state index is 11.6. The van der Waals surface area contributed by atoms with Crippen LogP contribution in [-0.4, -0.2) is 31.5 Å². The molecule has 112 valence electrons. The Morgan fingerprint density at radius 2 is 2.14 bits per heavy atom. The lowest BCUT2D eigenvalue weighted by Gasteiger charge is -2.14. The molecule has 22 heavy (non-hydrogen) atoms. The third kappa shape index (κ3) is 2.70. The first-order valence-electron chi connectivity index (χ1n) is 6.17. The van der Waals surface area contributed by atoms with E-state index in [0.717, 1.165) is 11.8 Å². The van der Waals surface area contributed by atoms with E-state index in [2.05, 4.69) is 20.4 Å². The van der Waals surface area contributed by atoms with Crippen LogP contribution in [0.4, 0.5) is 5.82 Å². The van der Waals surface area contributed by atoms with Gasteiger partial charge in [-0.2, -0.15) is 10.3 Å². The molecule has 3 rings (SSSR count). The number of carbonyl (C=O) groups is 1. The van der Waals surface area contributed by atoms with Crippen LogP contribution in [0.3, 0.4) is 0 Å². The normalized spacial score (nSPS) is 12.4. The van der Waals surface area contributed by atoms with Gasteiger partial charge in [0.25, 0.3) is 0 Å². The van der Waals surface area contributed by atoms with Crippen molar-refractivity contribution < 1.29 is 9.90 Å². The molecule has 0 bridgehead atoms. The molecule has 2 aromatic heterocycles. The Morgan fingerprint density at radius 1 is 1.36 bits per heavy atom. The minimum absolute atomic E-state index is 0.243. The average Bonchev–Trinajstić information content (AvgIpc) is 2.93. The van der Waals surface area contributed by atoms with E-state index < -0.39 is 11.2 Å². The Labute approximate surface area is 133 Å². The summed E-state index contributed by atoms with van der Waals surface area (Å²) < 4.78 is 0. The van der Waals surface area contributed by atoms with Gasteiger partial charge < -0.3 is 10.8 Å². The Kier molecular flexibility index (Phi) is 3.86. The van der Waals surface area contributed by atoms with Gasteiger partial charge in [-0.1, -0.05) is 29.8 Å². The Balaban J connectivity index is 2.06. The first-order valence-corrected chi connectivity index (χ1v) is 7.43. The van der Waals surface area contributed by atoms with E-state index in [-0.39, 0.29) is 5.82 Å². The molecule has 1 atom stereocenters. The number of H-pyrrole nitrogens is 1.